The molecule has 1 N–H and O–H groups in total. The Hall–Kier alpha value is -3.27. The molecule has 4 aromatic rings. The smallest absolute Gasteiger partial charge is 0.264 e. The molecule has 4 rings (SSSR count). The number of amides is 2. The van der Waals surface area contributed by atoms with Gasteiger partial charge in [0, 0.05) is 30.1 Å². The molecule has 0 aliphatic carbocycles. The fourth-order valence-electron chi connectivity index (χ4n) is 4.49. The Balaban J connectivity index is 1.81. The van der Waals surface area contributed by atoms with Gasteiger partial charge in [-0.15, -0.1) is 0 Å². The van der Waals surface area contributed by atoms with E-state index in [0.717, 1.165) is 9.87 Å². The van der Waals surface area contributed by atoms with Crippen molar-refractivity contribution in [1.29, 1.82) is 0 Å². The molecule has 0 spiro atoms. The van der Waals surface area contributed by atoms with Gasteiger partial charge in [0.1, 0.15) is 12.6 Å². The minimum Gasteiger partial charge on any atom is -0.357 e. The third-order valence-electron chi connectivity index (χ3n) is 6.60. The van der Waals surface area contributed by atoms with E-state index >= 15 is 0 Å². The van der Waals surface area contributed by atoms with E-state index in [4.69, 9.17) is 46.4 Å². The Morgan fingerprint density at radius 1 is 0.767 bits per heavy atom. The van der Waals surface area contributed by atoms with Crippen molar-refractivity contribution in [3.05, 3.63) is 128 Å². The lowest BCUT2D eigenvalue weighted by Gasteiger charge is -2.33. The Morgan fingerprint density at radius 3 is 1.95 bits per heavy atom. The molecule has 7 nitrogen and oxygen atoms in total. The van der Waals surface area contributed by atoms with Crippen molar-refractivity contribution < 1.29 is 18.0 Å². The first-order valence-corrected chi connectivity index (χ1v) is 16.0. The number of carbonyl (C=O) groups is 2. The van der Waals surface area contributed by atoms with E-state index in [1.165, 1.54) is 42.3 Å². The lowest BCUT2D eigenvalue weighted by atomic mass is 10.0. The average molecular weight is 679 g/mol. The standard InChI is InChI=1S/C31H27Cl4N3O4S/c1-36-31(40)29(15-21-8-4-2-5-9-21)37(19-22-12-13-27(34)28(35)14-22)30(39)20-38(25-17-23(32)16-24(33)18-25)43(41,42)26-10-6-3-7-11-26/h2-14,16-18,29H,15,19-20H2,1H3,(H,36,40)/t29-/m1/s1. The van der Waals surface area contributed by atoms with Gasteiger partial charge in [0.25, 0.3) is 10.0 Å². The Morgan fingerprint density at radius 2 is 1.37 bits per heavy atom. The van der Waals surface area contributed by atoms with E-state index in [0.29, 0.717) is 10.6 Å². The molecule has 1 atom stereocenters. The molecule has 0 heterocycles. The number of carbonyl (C=O) groups excluding carboxylic acids is 2. The van der Waals surface area contributed by atoms with Gasteiger partial charge < -0.3 is 10.2 Å². The summed E-state index contributed by atoms with van der Waals surface area (Å²) in [5.74, 6) is -1.08. The molecule has 0 fully saturated rings. The van der Waals surface area contributed by atoms with Crippen LogP contribution in [0.5, 0.6) is 0 Å². The van der Waals surface area contributed by atoms with Crippen LogP contribution in [0.3, 0.4) is 0 Å². The summed E-state index contributed by atoms with van der Waals surface area (Å²) in [5.41, 5.74) is 1.48. The highest BCUT2D eigenvalue weighted by molar-refractivity contribution is 7.92. The second-order valence-corrected chi connectivity index (χ2v) is 13.1. The molecule has 0 bridgehead atoms. The number of hydrogen-bond donors (Lipinski definition) is 1. The van der Waals surface area contributed by atoms with Crippen molar-refractivity contribution in [2.75, 3.05) is 17.9 Å². The highest BCUT2D eigenvalue weighted by Gasteiger charge is 2.34. The molecule has 0 aliphatic heterocycles. The van der Waals surface area contributed by atoms with Crippen LogP contribution in [-0.4, -0.2) is 44.8 Å². The van der Waals surface area contributed by atoms with Crippen molar-refractivity contribution >= 4 is 73.9 Å². The summed E-state index contributed by atoms with van der Waals surface area (Å²) in [6.45, 7) is -0.715. The predicted octanol–water partition coefficient (Wildman–Crippen LogP) is 6.88. The van der Waals surface area contributed by atoms with Crippen molar-refractivity contribution in [3.8, 4) is 0 Å². The van der Waals surface area contributed by atoms with Crippen LogP contribution in [0.1, 0.15) is 11.1 Å². The normalized spacial score (nSPS) is 11.9. The SMILES string of the molecule is CNC(=O)[C@@H](Cc1ccccc1)N(Cc1ccc(Cl)c(Cl)c1)C(=O)CN(c1cc(Cl)cc(Cl)c1)S(=O)(=O)c1ccccc1. The molecule has 12 heteroatoms. The zero-order valence-electron chi connectivity index (χ0n) is 22.9. The van der Waals surface area contributed by atoms with Gasteiger partial charge in [0.15, 0.2) is 0 Å². The Bertz CT molecular complexity index is 1690. The number of benzene rings is 4. The number of nitrogens with zero attached hydrogens (tertiary/aromatic N) is 2. The van der Waals surface area contributed by atoms with Crippen LogP contribution in [0, 0.1) is 0 Å². The van der Waals surface area contributed by atoms with Gasteiger partial charge in [-0.05, 0) is 53.6 Å². The zero-order valence-corrected chi connectivity index (χ0v) is 26.7. The van der Waals surface area contributed by atoms with E-state index < -0.39 is 34.4 Å². The minimum absolute atomic E-state index is 0.0398. The summed E-state index contributed by atoms with van der Waals surface area (Å²) < 4.78 is 28.9. The van der Waals surface area contributed by atoms with E-state index in [-0.39, 0.29) is 38.6 Å². The summed E-state index contributed by atoms with van der Waals surface area (Å²) >= 11 is 24.9. The molecule has 224 valence electrons. The van der Waals surface area contributed by atoms with Crippen LogP contribution >= 0.6 is 46.4 Å². The molecule has 2 amide bonds. The fraction of sp³-hybridized carbons (Fsp3) is 0.161. The van der Waals surface area contributed by atoms with Crippen molar-refractivity contribution in [2.24, 2.45) is 0 Å². The zero-order chi connectivity index (χ0) is 31.1. The first-order valence-electron chi connectivity index (χ1n) is 13.0. The molecule has 4 aromatic carbocycles. The lowest BCUT2D eigenvalue weighted by molar-refractivity contribution is -0.139. The molecule has 0 aliphatic rings. The van der Waals surface area contributed by atoms with Crippen LogP contribution in [0.15, 0.2) is 102 Å². The predicted molar refractivity (Wildman–Crippen MR) is 172 cm³/mol. The first-order chi connectivity index (χ1) is 20.5. The monoisotopic (exact) mass is 677 g/mol. The van der Waals surface area contributed by atoms with E-state index in [9.17, 15) is 18.0 Å². The molecule has 0 saturated carbocycles. The third kappa shape index (κ3) is 8.22. The van der Waals surface area contributed by atoms with Crippen LogP contribution < -0.4 is 9.62 Å². The number of rotatable bonds is 11. The van der Waals surface area contributed by atoms with Crippen LogP contribution in [0.2, 0.25) is 20.1 Å². The average Bonchev–Trinajstić information content (AvgIpc) is 2.99. The number of anilines is 1. The van der Waals surface area contributed by atoms with Gasteiger partial charge >= 0.3 is 0 Å². The topological polar surface area (TPSA) is 86.8 Å². The largest absolute Gasteiger partial charge is 0.357 e. The molecule has 0 unspecified atom stereocenters. The molecule has 0 saturated heterocycles. The first kappa shape index (κ1) is 32.6. The molecular weight excluding hydrogens is 652 g/mol. The quantitative estimate of drug-likeness (QED) is 0.187. The highest BCUT2D eigenvalue weighted by atomic mass is 35.5. The number of likely N-dealkylation sites (N-methyl/N-ethyl adjacent to an activating group) is 1. The maximum atomic E-state index is 14.3. The maximum Gasteiger partial charge on any atom is 0.264 e. The number of halogens is 4. The lowest BCUT2D eigenvalue weighted by Crippen LogP contribution is -2.53. The van der Waals surface area contributed by atoms with Gasteiger partial charge in [0.2, 0.25) is 11.8 Å². The van der Waals surface area contributed by atoms with Gasteiger partial charge in [-0.25, -0.2) is 8.42 Å². The second kappa shape index (κ2) is 14.5. The summed E-state index contributed by atoms with van der Waals surface area (Å²) in [6.07, 6.45) is 0.169. The Labute approximate surface area is 271 Å². The molecule has 0 radical (unpaired) electrons. The number of nitrogens with one attached hydrogen (secondary N) is 1. The third-order valence-corrected chi connectivity index (χ3v) is 9.56. The highest BCUT2D eigenvalue weighted by Crippen LogP contribution is 2.31. The van der Waals surface area contributed by atoms with Crippen LogP contribution in [0.4, 0.5) is 5.69 Å². The molecule has 0 aromatic heterocycles. The molecular formula is C31H27Cl4N3O4S. The van der Waals surface area contributed by atoms with Gasteiger partial charge in [0.05, 0.1) is 20.6 Å². The summed E-state index contributed by atoms with van der Waals surface area (Å²) in [7, 11) is -2.81. The summed E-state index contributed by atoms with van der Waals surface area (Å²) in [4.78, 5) is 28.9. The van der Waals surface area contributed by atoms with Gasteiger partial charge in [-0.2, -0.15) is 0 Å². The van der Waals surface area contributed by atoms with Crippen LogP contribution in [0.25, 0.3) is 0 Å². The molecule has 43 heavy (non-hydrogen) atoms. The van der Waals surface area contributed by atoms with Crippen molar-refractivity contribution in [1.82, 2.24) is 10.2 Å². The van der Waals surface area contributed by atoms with Crippen molar-refractivity contribution in [3.63, 3.8) is 0 Å². The Kier molecular flexibility index (Phi) is 11.0. The van der Waals surface area contributed by atoms with Crippen molar-refractivity contribution in [2.45, 2.75) is 23.9 Å². The van der Waals surface area contributed by atoms with Crippen LogP contribution in [-0.2, 0) is 32.6 Å². The second-order valence-electron chi connectivity index (χ2n) is 9.54. The van der Waals surface area contributed by atoms with E-state index in [1.54, 1.807) is 36.4 Å². The fourth-order valence-corrected chi connectivity index (χ4v) is 6.74. The number of sulfonamides is 1. The minimum atomic E-state index is -4.28. The maximum absolute atomic E-state index is 14.3. The summed E-state index contributed by atoms with van der Waals surface area (Å²) in [5, 5.41) is 3.60. The van der Waals surface area contributed by atoms with Gasteiger partial charge in [-0.1, -0.05) is 101 Å². The van der Waals surface area contributed by atoms with E-state index in [1.807, 2.05) is 30.3 Å². The number of hydrogen-bond acceptors (Lipinski definition) is 4. The van der Waals surface area contributed by atoms with Gasteiger partial charge in [-0.3, -0.25) is 13.9 Å². The summed E-state index contributed by atoms with van der Waals surface area (Å²) in [6, 6.07) is 25.0. The van der Waals surface area contributed by atoms with E-state index in [2.05, 4.69) is 5.32 Å².